The summed E-state index contributed by atoms with van der Waals surface area (Å²) in [6.07, 6.45) is 0. The molecule has 1 aromatic carbocycles. The van der Waals surface area contributed by atoms with Crippen molar-refractivity contribution in [3.63, 3.8) is 0 Å². The molecule has 0 fully saturated rings. The van der Waals surface area contributed by atoms with Gasteiger partial charge in [0.05, 0.1) is 11.0 Å². The predicted molar refractivity (Wildman–Crippen MR) is 87.6 cm³/mol. The first kappa shape index (κ1) is 18.0. The van der Waals surface area contributed by atoms with Crippen molar-refractivity contribution in [1.82, 2.24) is 5.32 Å². The molecule has 21 heavy (non-hydrogen) atoms. The Morgan fingerprint density at radius 1 is 1.19 bits per heavy atom. The largest absolute Gasteiger partial charge is 0.492 e. The van der Waals surface area contributed by atoms with Gasteiger partial charge in [0.2, 0.25) is 0 Å². The van der Waals surface area contributed by atoms with Crippen LogP contribution in [0.25, 0.3) is 0 Å². The highest BCUT2D eigenvalue weighted by molar-refractivity contribution is 7.91. The third-order valence-corrected chi connectivity index (χ3v) is 5.43. The van der Waals surface area contributed by atoms with Gasteiger partial charge in [-0.1, -0.05) is 31.5 Å². The second kappa shape index (κ2) is 7.80. The zero-order valence-electron chi connectivity index (χ0n) is 13.6. The summed E-state index contributed by atoms with van der Waals surface area (Å²) in [6.45, 7) is 10.5. The molecule has 1 N–H and O–H groups in total. The van der Waals surface area contributed by atoms with Crippen LogP contribution in [0.5, 0.6) is 5.75 Å². The van der Waals surface area contributed by atoms with Crippen LogP contribution in [0.3, 0.4) is 0 Å². The van der Waals surface area contributed by atoms with E-state index in [9.17, 15) is 8.42 Å². The van der Waals surface area contributed by atoms with E-state index in [1.807, 2.05) is 19.1 Å². The molecular weight excluding hydrogens is 286 g/mol. The van der Waals surface area contributed by atoms with Crippen LogP contribution in [0, 0.1) is 6.92 Å². The van der Waals surface area contributed by atoms with Crippen molar-refractivity contribution in [1.29, 1.82) is 0 Å². The molecule has 0 unspecified atom stereocenters. The van der Waals surface area contributed by atoms with E-state index in [-0.39, 0.29) is 17.6 Å². The second-order valence-corrected chi connectivity index (χ2v) is 8.59. The summed E-state index contributed by atoms with van der Waals surface area (Å²) >= 11 is 0. The summed E-state index contributed by atoms with van der Waals surface area (Å²) in [7, 11) is -3.06. The van der Waals surface area contributed by atoms with E-state index in [0.29, 0.717) is 12.6 Å². The van der Waals surface area contributed by atoms with E-state index >= 15 is 0 Å². The molecule has 0 atom stereocenters. The predicted octanol–water partition coefficient (Wildman–Crippen LogP) is 2.70. The normalized spacial score (nSPS) is 12.1. The summed E-state index contributed by atoms with van der Waals surface area (Å²) in [6, 6.07) is 6.35. The van der Waals surface area contributed by atoms with E-state index in [1.54, 1.807) is 13.8 Å². The average molecular weight is 313 g/mol. The summed E-state index contributed by atoms with van der Waals surface area (Å²) in [5.41, 5.74) is 2.23. The number of rotatable bonds is 8. The number of hydrogen-bond donors (Lipinski definition) is 1. The van der Waals surface area contributed by atoms with Crippen LogP contribution in [-0.4, -0.2) is 32.1 Å². The van der Waals surface area contributed by atoms with Crippen LogP contribution < -0.4 is 10.1 Å². The first-order valence-corrected chi connectivity index (χ1v) is 9.11. The molecule has 0 aliphatic heterocycles. The Hall–Kier alpha value is -1.07. The first-order chi connectivity index (χ1) is 9.72. The minimum Gasteiger partial charge on any atom is -0.492 e. The topological polar surface area (TPSA) is 55.4 Å². The standard InChI is InChI=1S/C16H27NO3S/c1-12(2)17-11-15-10-14(5)6-7-16(15)20-8-9-21(18,19)13(3)4/h6-7,10,12-13,17H,8-9,11H2,1-5H3. The lowest BCUT2D eigenvalue weighted by Gasteiger charge is -2.15. The van der Waals surface area contributed by atoms with E-state index < -0.39 is 9.84 Å². The van der Waals surface area contributed by atoms with Crippen molar-refractivity contribution in [2.45, 2.75) is 52.5 Å². The van der Waals surface area contributed by atoms with Gasteiger partial charge in [-0.2, -0.15) is 0 Å². The third kappa shape index (κ3) is 6.06. The Bertz CT molecular complexity index is 551. The Kier molecular flexibility index (Phi) is 6.68. The fourth-order valence-corrected chi connectivity index (χ4v) is 2.59. The molecule has 0 aliphatic rings. The van der Waals surface area contributed by atoms with E-state index in [4.69, 9.17) is 4.74 Å². The van der Waals surface area contributed by atoms with Gasteiger partial charge in [-0.15, -0.1) is 0 Å². The van der Waals surface area contributed by atoms with E-state index in [2.05, 4.69) is 25.2 Å². The van der Waals surface area contributed by atoms with Crippen LogP contribution in [0.4, 0.5) is 0 Å². The zero-order chi connectivity index (χ0) is 16.0. The summed E-state index contributed by atoms with van der Waals surface area (Å²) in [5, 5.41) is 3.00. The van der Waals surface area contributed by atoms with Gasteiger partial charge in [0.1, 0.15) is 12.4 Å². The molecule has 0 radical (unpaired) electrons. The third-order valence-electron chi connectivity index (χ3n) is 3.26. The molecule has 0 saturated carbocycles. The van der Waals surface area contributed by atoms with Gasteiger partial charge < -0.3 is 10.1 Å². The molecule has 0 aliphatic carbocycles. The van der Waals surface area contributed by atoms with E-state index in [1.165, 1.54) is 0 Å². The molecule has 0 heterocycles. The van der Waals surface area contributed by atoms with E-state index in [0.717, 1.165) is 16.9 Å². The quantitative estimate of drug-likeness (QED) is 0.802. The molecule has 1 rings (SSSR count). The molecular formula is C16H27NO3S. The molecule has 4 nitrogen and oxygen atoms in total. The fourth-order valence-electron chi connectivity index (χ4n) is 1.80. The molecule has 0 saturated heterocycles. The number of benzene rings is 1. The van der Waals surface area contributed by atoms with Crippen molar-refractivity contribution in [2.24, 2.45) is 0 Å². The van der Waals surface area contributed by atoms with Gasteiger partial charge in [0.25, 0.3) is 0 Å². The monoisotopic (exact) mass is 313 g/mol. The van der Waals surface area contributed by atoms with Crippen molar-refractivity contribution in [3.8, 4) is 5.75 Å². The van der Waals surface area contributed by atoms with Gasteiger partial charge in [-0.05, 0) is 26.8 Å². The number of hydrogen-bond acceptors (Lipinski definition) is 4. The smallest absolute Gasteiger partial charge is 0.155 e. The Morgan fingerprint density at radius 2 is 1.86 bits per heavy atom. The van der Waals surface area contributed by atoms with Gasteiger partial charge >= 0.3 is 0 Å². The summed E-state index contributed by atoms with van der Waals surface area (Å²) in [4.78, 5) is 0. The van der Waals surface area contributed by atoms with Crippen LogP contribution in [0.1, 0.15) is 38.8 Å². The molecule has 0 aromatic heterocycles. The lowest BCUT2D eigenvalue weighted by Crippen LogP contribution is -2.24. The maximum atomic E-state index is 11.8. The van der Waals surface area contributed by atoms with Crippen molar-refractivity contribution >= 4 is 9.84 Å². The van der Waals surface area contributed by atoms with Crippen molar-refractivity contribution in [2.75, 3.05) is 12.4 Å². The van der Waals surface area contributed by atoms with Gasteiger partial charge in [0, 0.05) is 18.2 Å². The highest BCUT2D eigenvalue weighted by atomic mass is 32.2. The molecule has 5 heteroatoms. The molecule has 1 aromatic rings. The second-order valence-electron chi connectivity index (χ2n) is 5.91. The van der Waals surface area contributed by atoms with Gasteiger partial charge in [-0.3, -0.25) is 0 Å². The molecule has 0 bridgehead atoms. The van der Waals surface area contributed by atoms with Gasteiger partial charge in [-0.25, -0.2) is 8.42 Å². The minimum atomic E-state index is -3.06. The average Bonchev–Trinajstić information content (AvgIpc) is 2.38. The maximum Gasteiger partial charge on any atom is 0.155 e. The first-order valence-electron chi connectivity index (χ1n) is 7.39. The minimum absolute atomic E-state index is 0.0512. The molecule has 0 spiro atoms. The van der Waals surface area contributed by atoms with Crippen molar-refractivity contribution in [3.05, 3.63) is 29.3 Å². The fraction of sp³-hybridized carbons (Fsp3) is 0.625. The lowest BCUT2D eigenvalue weighted by atomic mass is 10.1. The van der Waals surface area contributed by atoms with Gasteiger partial charge in [0.15, 0.2) is 9.84 Å². The number of sulfone groups is 1. The van der Waals surface area contributed by atoms with Crippen LogP contribution >= 0.6 is 0 Å². The lowest BCUT2D eigenvalue weighted by molar-refractivity contribution is 0.335. The SMILES string of the molecule is Cc1ccc(OCCS(=O)(=O)C(C)C)c(CNC(C)C)c1. The van der Waals surface area contributed by atoms with Crippen LogP contribution in [0.2, 0.25) is 0 Å². The summed E-state index contributed by atoms with van der Waals surface area (Å²) < 4.78 is 29.3. The number of nitrogens with one attached hydrogen (secondary N) is 1. The Balaban J connectivity index is 2.70. The van der Waals surface area contributed by atoms with Crippen molar-refractivity contribution < 1.29 is 13.2 Å². The number of aryl methyl sites for hydroxylation is 1. The summed E-state index contributed by atoms with van der Waals surface area (Å²) in [5.74, 6) is 0.808. The highest BCUT2D eigenvalue weighted by Gasteiger charge is 2.16. The molecule has 120 valence electrons. The highest BCUT2D eigenvalue weighted by Crippen LogP contribution is 2.20. The van der Waals surface area contributed by atoms with Crippen LogP contribution in [-0.2, 0) is 16.4 Å². The Morgan fingerprint density at radius 3 is 2.43 bits per heavy atom. The molecule has 0 amide bonds. The Labute approximate surface area is 128 Å². The maximum absolute atomic E-state index is 11.8. The zero-order valence-corrected chi connectivity index (χ0v) is 14.5. The number of ether oxygens (including phenoxy) is 1. The van der Waals surface area contributed by atoms with Crippen LogP contribution in [0.15, 0.2) is 18.2 Å².